The lowest BCUT2D eigenvalue weighted by Crippen LogP contribution is -2.30. The maximum absolute atomic E-state index is 5.87. The van der Waals surface area contributed by atoms with Crippen LogP contribution < -0.4 is 5.73 Å². The fourth-order valence-electron chi connectivity index (χ4n) is 2.72. The van der Waals surface area contributed by atoms with Crippen molar-refractivity contribution < 1.29 is 0 Å². The monoisotopic (exact) mass is 207 g/mol. The van der Waals surface area contributed by atoms with Gasteiger partial charge in [-0.05, 0) is 24.7 Å². The number of nitrogens with zero attached hydrogens (tertiary/aromatic N) is 1. The Kier molecular flexibility index (Phi) is 2.49. The van der Waals surface area contributed by atoms with Crippen molar-refractivity contribution in [2.24, 2.45) is 5.41 Å². The SMILES string of the molecule is CCCc1c(N)n[nH]c1C1CC(C)(C)C1. The molecule has 0 spiro atoms. The number of hydrogen-bond donors (Lipinski definition) is 2. The number of aromatic amines is 1. The maximum atomic E-state index is 5.87. The summed E-state index contributed by atoms with van der Waals surface area (Å²) < 4.78 is 0. The Hall–Kier alpha value is -0.990. The van der Waals surface area contributed by atoms with Crippen molar-refractivity contribution in [3.63, 3.8) is 0 Å². The van der Waals surface area contributed by atoms with Crippen LogP contribution in [0, 0.1) is 5.41 Å². The number of rotatable bonds is 3. The van der Waals surface area contributed by atoms with Crippen molar-refractivity contribution in [2.75, 3.05) is 5.73 Å². The fourth-order valence-corrected chi connectivity index (χ4v) is 2.72. The minimum absolute atomic E-state index is 0.508. The van der Waals surface area contributed by atoms with Crippen LogP contribution in [0.4, 0.5) is 5.82 Å². The first-order valence-electron chi connectivity index (χ1n) is 5.86. The molecule has 3 nitrogen and oxygen atoms in total. The number of nitrogen functional groups attached to an aromatic ring is 1. The van der Waals surface area contributed by atoms with Crippen LogP contribution in [-0.4, -0.2) is 10.2 Å². The van der Waals surface area contributed by atoms with E-state index in [4.69, 9.17) is 5.73 Å². The molecule has 1 heterocycles. The number of aromatic nitrogens is 2. The molecule has 3 N–H and O–H groups in total. The molecule has 0 unspecified atom stereocenters. The van der Waals surface area contributed by atoms with Crippen molar-refractivity contribution in [1.82, 2.24) is 10.2 Å². The van der Waals surface area contributed by atoms with Crippen LogP contribution >= 0.6 is 0 Å². The van der Waals surface area contributed by atoms with Crippen molar-refractivity contribution in [3.8, 4) is 0 Å². The molecule has 0 aromatic carbocycles. The molecule has 3 heteroatoms. The average molecular weight is 207 g/mol. The first-order chi connectivity index (χ1) is 7.03. The summed E-state index contributed by atoms with van der Waals surface area (Å²) in [4.78, 5) is 0. The van der Waals surface area contributed by atoms with Crippen LogP contribution in [0.15, 0.2) is 0 Å². The summed E-state index contributed by atoms with van der Waals surface area (Å²) >= 11 is 0. The Morgan fingerprint density at radius 1 is 1.47 bits per heavy atom. The zero-order valence-electron chi connectivity index (χ0n) is 9.93. The Labute approximate surface area is 91.4 Å². The lowest BCUT2D eigenvalue weighted by molar-refractivity contribution is 0.148. The second-order valence-corrected chi connectivity index (χ2v) is 5.52. The summed E-state index contributed by atoms with van der Waals surface area (Å²) in [5, 5.41) is 7.26. The first kappa shape index (κ1) is 10.5. The molecule has 0 atom stereocenters. The highest BCUT2D eigenvalue weighted by atomic mass is 15.2. The zero-order chi connectivity index (χ0) is 11.1. The maximum Gasteiger partial charge on any atom is 0.148 e. The van der Waals surface area contributed by atoms with Gasteiger partial charge in [-0.2, -0.15) is 5.10 Å². The van der Waals surface area contributed by atoms with Gasteiger partial charge in [0, 0.05) is 17.2 Å². The normalized spacial score (nSPS) is 20.2. The molecular formula is C12H21N3. The van der Waals surface area contributed by atoms with Gasteiger partial charge in [-0.15, -0.1) is 0 Å². The zero-order valence-corrected chi connectivity index (χ0v) is 9.93. The average Bonchev–Trinajstić information content (AvgIpc) is 2.45. The van der Waals surface area contributed by atoms with E-state index in [1.54, 1.807) is 0 Å². The summed E-state index contributed by atoms with van der Waals surface area (Å²) in [6.07, 6.45) is 4.69. The van der Waals surface area contributed by atoms with E-state index in [0.29, 0.717) is 17.2 Å². The highest BCUT2D eigenvalue weighted by molar-refractivity contribution is 5.44. The molecule has 1 saturated carbocycles. The van der Waals surface area contributed by atoms with E-state index in [0.717, 1.165) is 12.8 Å². The lowest BCUT2D eigenvalue weighted by atomic mass is 9.63. The fraction of sp³-hybridized carbons (Fsp3) is 0.750. The minimum atomic E-state index is 0.508. The van der Waals surface area contributed by atoms with Gasteiger partial charge in [-0.25, -0.2) is 0 Å². The third kappa shape index (κ3) is 1.87. The Morgan fingerprint density at radius 3 is 2.67 bits per heavy atom. The van der Waals surface area contributed by atoms with E-state index in [1.807, 2.05) is 0 Å². The molecule has 0 saturated heterocycles. The molecule has 1 aliphatic carbocycles. The Morgan fingerprint density at radius 2 is 2.13 bits per heavy atom. The molecule has 0 radical (unpaired) electrons. The molecule has 0 aliphatic heterocycles. The van der Waals surface area contributed by atoms with Gasteiger partial charge in [0.05, 0.1) is 0 Å². The summed E-state index contributed by atoms with van der Waals surface area (Å²) in [6.45, 7) is 6.83. The smallest absolute Gasteiger partial charge is 0.148 e. The summed E-state index contributed by atoms with van der Waals surface area (Å²) in [6, 6.07) is 0. The molecule has 2 rings (SSSR count). The molecular weight excluding hydrogens is 186 g/mol. The van der Waals surface area contributed by atoms with Crippen molar-refractivity contribution in [3.05, 3.63) is 11.3 Å². The van der Waals surface area contributed by atoms with E-state index in [2.05, 4.69) is 31.0 Å². The summed E-state index contributed by atoms with van der Waals surface area (Å²) in [5.41, 5.74) is 8.94. The van der Waals surface area contributed by atoms with E-state index in [-0.39, 0.29) is 0 Å². The van der Waals surface area contributed by atoms with Gasteiger partial charge in [-0.1, -0.05) is 27.2 Å². The lowest BCUT2D eigenvalue weighted by Gasteiger charge is -2.42. The van der Waals surface area contributed by atoms with Gasteiger partial charge in [-0.3, -0.25) is 5.10 Å². The predicted molar refractivity (Wildman–Crippen MR) is 62.8 cm³/mol. The highest BCUT2D eigenvalue weighted by Gasteiger charge is 2.38. The number of nitrogens with two attached hydrogens (primary N) is 1. The third-order valence-corrected chi connectivity index (χ3v) is 3.44. The van der Waals surface area contributed by atoms with E-state index in [1.165, 1.54) is 24.1 Å². The number of nitrogens with one attached hydrogen (secondary N) is 1. The second kappa shape index (κ2) is 3.54. The Balaban J connectivity index is 2.15. The number of anilines is 1. The van der Waals surface area contributed by atoms with Gasteiger partial charge in [0.2, 0.25) is 0 Å². The van der Waals surface area contributed by atoms with Gasteiger partial charge in [0.15, 0.2) is 0 Å². The van der Waals surface area contributed by atoms with Crippen molar-refractivity contribution in [1.29, 1.82) is 0 Å². The van der Waals surface area contributed by atoms with E-state index >= 15 is 0 Å². The van der Waals surface area contributed by atoms with E-state index in [9.17, 15) is 0 Å². The Bertz CT molecular complexity index is 344. The molecule has 1 aliphatic rings. The van der Waals surface area contributed by atoms with Gasteiger partial charge in [0.1, 0.15) is 5.82 Å². The van der Waals surface area contributed by atoms with Crippen LogP contribution in [0.1, 0.15) is 57.2 Å². The minimum Gasteiger partial charge on any atom is -0.382 e. The van der Waals surface area contributed by atoms with Gasteiger partial charge < -0.3 is 5.73 Å². The van der Waals surface area contributed by atoms with Crippen molar-refractivity contribution >= 4 is 5.82 Å². The van der Waals surface area contributed by atoms with Crippen LogP contribution in [-0.2, 0) is 6.42 Å². The van der Waals surface area contributed by atoms with Gasteiger partial charge in [0.25, 0.3) is 0 Å². The second-order valence-electron chi connectivity index (χ2n) is 5.52. The van der Waals surface area contributed by atoms with Crippen LogP contribution in [0.5, 0.6) is 0 Å². The number of H-pyrrole nitrogens is 1. The molecule has 1 aromatic rings. The first-order valence-corrected chi connectivity index (χ1v) is 5.86. The largest absolute Gasteiger partial charge is 0.382 e. The molecule has 15 heavy (non-hydrogen) atoms. The third-order valence-electron chi connectivity index (χ3n) is 3.44. The molecule has 84 valence electrons. The topological polar surface area (TPSA) is 54.7 Å². The quantitative estimate of drug-likeness (QED) is 0.800. The van der Waals surface area contributed by atoms with Crippen LogP contribution in [0.2, 0.25) is 0 Å². The van der Waals surface area contributed by atoms with Gasteiger partial charge >= 0.3 is 0 Å². The predicted octanol–water partition coefficient (Wildman–Crippen LogP) is 2.85. The summed E-state index contributed by atoms with van der Waals surface area (Å²) in [7, 11) is 0. The van der Waals surface area contributed by atoms with Crippen LogP contribution in [0.3, 0.4) is 0 Å². The molecule has 1 fully saturated rings. The van der Waals surface area contributed by atoms with E-state index < -0.39 is 0 Å². The summed E-state index contributed by atoms with van der Waals surface area (Å²) in [5.74, 6) is 1.36. The number of hydrogen-bond acceptors (Lipinski definition) is 2. The highest BCUT2D eigenvalue weighted by Crippen LogP contribution is 2.51. The van der Waals surface area contributed by atoms with Crippen LogP contribution in [0.25, 0.3) is 0 Å². The standard InChI is InChI=1S/C12H21N3/c1-4-5-9-10(14-15-11(9)13)8-6-12(2,3)7-8/h8H,4-7H2,1-3H3,(H3,13,14,15). The van der Waals surface area contributed by atoms with Crippen molar-refractivity contribution in [2.45, 2.75) is 52.4 Å². The molecule has 0 amide bonds. The molecule has 0 bridgehead atoms. The molecule has 1 aromatic heterocycles.